The van der Waals surface area contributed by atoms with Gasteiger partial charge in [-0.2, -0.15) is 5.10 Å². The number of hydrogen-bond acceptors (Lipinski definition) is 6. The Kier molecular flexibility index (Phi) is 7.26. The normalized spacial score (nSPS) is 20.1. The fourth-order valence-corrected chi connectivity index (χ4v) is 4.20. The van der Waals surface area contributed by atoms with Crippen LogP contribution >= 0.6 is 0 Å². The Morgan fingerprint density at radius 2 is 2.03 bits per heavy atom. The van der Waals surface area contributed by atoms with Crippen molar-refractivity contribution in [3.8, 4) is 5.69 Å². The Morgan fingerprint density at radius 1 is 1.19 bits per heavy atom. The standard InChI is InChI=1S/C22H30N6O3/c29-21-7-6-19(15-27(21)9-3-8-26-10-12-31-13-11-26)22(30)24-14-18-4-1-2-5-20(18)28-17-23-16-25-28/h1-2,4-5,16-17,19H,3,6-15H2,(H,24,30)/t19-/m0/s1. The highest BCUT2D eigenvalue weighted by molar-refractivity contribution is 5.83. The van der Waals surface area contributed by atoms with E-state index >= 15 is 0 Å². The first-order chi connectivity index (χ1) is 15.2. The van der Waals surface area contributed by atoms with E-state index in [0.29, 0.717) is 32.5 Å². The third-order valence-corrected chi connectivity index (χ3v) is 5.99. The van der Waals surface area contributed by atoms with Crippen LogP contribution in [0.4, 0.5) is 0 Å². The molecule has 2 saturated heterocycles. The van der Waals surface area contributed by atoms with Crippen molar-refractivity contribution in [3.63, 3.8) is 0 Å². The van der Waals surface area contributed by atoms with Crippen LogP contribution in [0, 0.1) is 5.92 Å². The van der Waals surface area contributed by atoms with Crippen molar-refractivity contribution in [3.05, 3.63) is 42.5 Å². The molecule has 0 saturated carbocycles. The number of para-hydroxylation sites is 1. The molecule has 1 aromatic carbocycles. The van der Waals surface area contributed by atoms with Gasteiger partial charge in [-0.15, -0.1) is 0 Å². The number of benzene rings is 1. The molecule has 2 amide bonds. The van der Waals surface area contributed by atoms with E-state index in [2.05, 4.69) is 20.3 Å². The lowest BCUT2D eigenvalue weighted by molar-refractivity contribution is -0.138. The van der Waals surface area contributed by atoms with Gasteiger partial charge in [-0.1, -0.05) is 18.2 Å². The monoisotopic (exact) mass is 426 g/mol. The molecule has 2 aliphatic rings. The first kappa shape index (κ1) is 21.5. The van der Waals surface area contributed by atoms with Crippen molar-refractivity contribution >= 4 is 11.8 Å². The Balaban J connectivity index is 1.27. The smallest absolute Gasteiger partial charge is 0.225 e. The maximum atomic E-state index is 12.8. The van der Waals surface area contributed by atoms with Crippen LogP contribution in [0.5, 0.6) is 0 Å². The van der Waals surface area contributed by atoms with E-state index < -0.39 is 0 Å². The summed E-state index contributed by atoms with van der Waals surface area (Å²) >= 11 is 0. The summed E-state index contributed by atoms with van der Waals surface area (Å²) in [7, 11) is 0. The maximum Gasteiger partial charge on any atom is 0.225 e. The number of nitrogens with zero attached hydrogens (tertiary/aromatic N) is 5. The van der Waals surface area contributed by atoms with Crippen LogP contribution in [-0.4, -0.2) is 82.3 Å². The van der Waals surface area contributed by atoms with Gasteiger partial charge < -0.3 is 15.0 Å². The Bertz CT molecular complexity index is 866. The molecule has 9 nitrogen and oxygen atoms in total. The molecule has 4 rings (SSSR count). The average Bonchev–Trinajstić information content (AvgIpc) is 3.34. The molecular weight excluding hydrogens is 396 g/mol. The number of hydrogen-bond donors (Lipinski definition) is 1. The number of likely N-dealkylation sites (tertiary alicyclic amines) is 1. The minimum atomic E-state index is -0.167. The first-order valence-electron chi connectivity index (χ1n) is 11.0. The molecule has 1 aromatic heterocycles. The second kappa shape index (κ2) is 10.5. The van der Waals surface area contributed by atoms with E-state index in [0.717, 1.165) is 50.5 Å². The summed E-state index contributed by atoms with van der Waals surface area (Å²) in [5.74, 6) is -0.0127. The highest BCUT2D eigenvalue weighted by Crippen LogP contribution is 2.19. The second-order valence-electron chi connectivity index (χ2n) is 8.07. The van der Waals surface area contributed by atoms with E-state index in [1.165, 1.54) is 6.33 Å². The van der Waals surface area contributed by atoms with Crippen LogP contribution in [0.1, 0.15) is 24.8 Å². The van der Waals surface area contributed by atoms with E-state index in [-0.39, 0.29) is 17.7 Å². The summed E-state index contributed by atoms with van der Waals surface area (Å²) in [6.07, 6.45) is 5.09. The van der Waals surface area contributed by atoms with Gasteiger partial charge in [0.2, 0.25) is 11.8 Å². The number of ether oxygens (including phenoxy) is 1. The van der Waals surface area contributed by atoms with Gasteiger partial charge in [0.1, 0.15) is 12.7 Å². The van der Waals surface area contributed by atoms with Gasteiger partial charge in [0, 0.05) is 45.7 Å². The molecular formula is C22H30N6O3. The minimum Gasteiger partial charge on any atom is -0.379 e. The Labute approximate surface area is 182 Å². The van der Waals surface area contributed by atoms with Gasteiger partial charge in [-0.3, -0.25) is 14.5 Å². The highest BCUT2D eigenvalue weighted by Gasteiger charge is 2.30. The average molecular weight is 427 g/mol. The van der Waals surface area contributed by atoms with Gasteiger partial charge in [-0.25, -0.2) is 9.67 Å². The number of amides is 2. The van der Waals surface area contributed by atoms with Crippen LogP contribution < -0.4 is 5.32 Å². The van der Waals surface area contributed by atoms with Crippen LogP contribution in [0.3, 0.4) is 0 Å². The van der Waals surface area contributed by atoms with E-state index in [9.17, 15) is 9.59 Å². The lowest BCUT2D eigenvalue weighted by atomic mass is 9.96. The zero-order chi connectivity index (χ0) is 21.5. The quantitative estimate of drug-likeness (QED) is 0.673. The number of piperidine rings is 1. The third kappa shape index (κ3) is 5.68. The van der Waals surface area contributed by atoms with E-state index in [4.69, 9.17) is 4.74 Å². The van der Waals surface area contributed by atoms with Crippen molar-refractivity contribution in [2.75, 3.05) is 45.9 Å². The van der Waals surface area contributed by atoms with Gasteiger partial charge in [0.25, 0.3) is 0 Å². The molecule has 0 radical (unpaired) electrons. The van der Waals surface area contributed by atoms with Crippen LogP contribution in [-0.2, 0) is 20.9 Å². The molecule has 0 aliphatic carbocycles. The molecule has 2 aliphatic heterocycles. The number of carbonyl (C=O) groups excluding carboxylic acids is 2. The van der Waals surface area contributed by atoms with Gasteiger partial charge in [0.15, 0.2) is 0 Å². The Hall–Kier alpha value is -2.78. The van der Waals surface area contributed by atoms with Crippen molar-refractivity contribution in [1.82, 2.24) is 29.9 Å². The SMILES string of the molecule is O=C(NCc1ccccc1-n1cncn1)[C@H]1CCC(=O)N(CCCN2CCOCC2)C1. The first-order valence-corrected chi connectivity index (χ1v) is 11.0. The molecule has 166 valence electrons. The predicted octanol–water partition coefficient (Wildman–Crippen LogP) is 0.844. The van der Waals surface area contributed by atoms with Crippen molar-refractivity contribution in [2.45, 2.75) is 25.8 Å². The van der Waals surface area contributed by atoms with Crippen LogP contribution in [0.2, 0.25) is 0 Å². The van der Waals surface area contributed by atoms with Crippen LogP contribution in [0.25, 0.3) is 5.69 Å². The van der Waals surface area contributed by atoms with Gasteiger partial charge in [0.05, 0.1) is 24.8 Å². The molecule has 1 N–H and O–H groups in total. The lowest BCUT2D eigenvalue weighted by Crippen LogP contribution is -2.46. The van der Waals surface area contributed by atoms with E-state index in [1.807, 2.05) is 29.2 Å². The van der Waals surface area contributed by atoms with Crippen LogP contribution in [0.15, 0.2) is 36.9 Å². The second-order valence-corrected chi connectivity index (χ2v) is 8.07. The molecule has 0 bridgehead atoms. The largest absolute Gasteiger partial charge is 0.379 e. The summed E-state index contributed by atoms with van der Waals surface area (Å²) in [5.41, 5.74) is 1.86. The zero-order valence-corrected chi connectivity index (χ0v) is 17.8. The lowest BCUT2D eigenvalue weighted by Gasteiger charge is -2.33. The number of nitrogens with one attached hydrogen (secondary N) is 1. The molecule has 3 heterocycles. The predicted molar refractivity (Wildman–Crippen MR) is 114 cm³/mol. The summed E-state index contributed by atoms with van der Waals surface area (Å²) < 4.78 is 7.07. The molecule has 2 aromatic rings. The number of rotatable bonds is 8. The van der Waals surface area contributed by atoms with Gasteiger partial charge >= 0.3 is 0 Å². The Morgan fingerprint density at radius 3 is 2.84 bits per heavy atom. The minimum absolute atomic E-state index is 0.000859. The number of morpholine rings is 1. The molecule has 1 atom stereocenters. The van der Waals surface area contributed by atoms with Crippen molar-refractivity contribution in [1.29, 1.82) is 0 Å². The summed E-state index contributed by atoms with van der Waals surface area (Å²) in [6.45, 7) is 6.05. The zero-order valence-electron chi connectivity index (χ0n) is 17.8. The molecule has 0 spiro atoms. The topological polar surface area (TPSA) is 92.6 Å². The molecule has 9 heteroatoms. The number of carbonyl (C=O) groups is 2. The summed E-state index contributed by atoms with van der Waals surface area (Å²) in [5, 5.41) is 7.24. The van der Waals surface area contributed by atoms with E-state index in [1.54, 1.807) is 11.0 Å². The van der Waals surface area contributed by atoms with Gasteiger partial charge in [-0.05, 0) is 24.5 Å². The summed E-state index contributed by atoms with van der Waals surface area (Å²) in [4.78, 5) is 33.4. The summed E-state index contributed by atoms with van der Waals surface area (Å²) in [6, 6.07) is 7.80. The maximum absolute atomic E-state index is 12.8. The molecule has 31 heavy (non-hydrogen) atoms. The molecule has 0 unspecified atom stereocenters. The van der Waals surface area contributed by atoms with Crippen molar-refractivity contribution in [2.24, 2.45) is 5.92 Å². The third-order valence-electron chi connectivity index (χ3n) is 5.99. The fourth-order valence-electron chi connectivity index (χ4n) is 4.20. The van der Waals surface area contributed by atoms with Crippen molar-refractivity contribution < 1.29 is 14.3 Å². The fraction of sp³-hybridized carbons (Fsp3) is 0.545. The molecule has 2 fully saturated rings. The highest BCUT2D eigenvalue weighted by atomic mass is 16.5. The number of aromatic nitrogens is 3.